The van der Waals surface area contributed by atoms with Crippen LogP contribution in [0.4, 0.5) is 14.2 Å². The predicted octanol–water partition coefficient (Wildman–Crippen LogP) is 2.84. The van der Waals surface area contributed by atoms with Crippen LogP contribution in [0.1, 0.15) is 28.8 Å². The maximum atomic E-state index is 13.9. The average molecular weight is 376 g/mol. The van der Waals surface area contributed by atoms with E-state index >= 15 is 0 Å². The number of hydrogen-bond donors (Lipinski definition) is 4. The van der Waals surface area contributed by atoms with Crippen LogP contribution >= 0.6 is 11.3 Å². The molecule has 0 aliphatic carbocycles. The number of nitrogens with two attached hydrogens (primary N) is 1. The molecule has 0 spiro atoms. The number of primary amides is 1. The van der Waals surface area contributed by atoms with Crippen molar-refractivity contribution in [1.29, 1.82) is 0 Å². The molecule has 1 aromatic carbocycles. The van der Waals surface area contributed by atoms with Gasteiger partial charge in [0.15, 0.2) is 0 Å². The number of hydrogen-bond acceptors (Lipinski definition) is 4. The van der Waals surface area contributed by atoms with Crippen LogP contribution in [-0.2, 0) is 0 Å². The average Bonchev–Trinajstić information content (AvgIpc) is 3.01. The van der Waals surface area contributed by atoms with Crippen LogP contribution in [0.5, 0.6) is 0 Å². The van der Waals surface area contributed by atoms with Crippen molar-refractivity contribution in [1.82, 2.24) is 10.6 Å². The highest BCUT2D eigenvalue weighted by Gasteiger charge is 2.22. The number of anilines is 1. The first-order valence-electron chi connectivity index (χ1n) is 8.42. The Bertz CT molecular complexity index is 831. The van der Waals surface area contributed by atoms with Gasteiger partial charge in [0, 0.05) is 17.5 Å². The highest BCUT2D eigenvalue weighted by Crippen LogP contribution is 2.36. The van der Waals surface area contributed by atoms with E-state index in [1.165, 1.54) is 17.4 Å². The van der Waals surface area contributed by atoms with Crippen LogP contribution in [0.15, 0.2) is 24.3 Å². The molecule has 1 atom stereocenters. The number of rotatable bonds is 4. The Hall–Kier alpha value is -2.45. The summed E-state index contributed by atoms with van der Waals surface area (Å²) in [4.78, 5) is 24.7. The molecule has 8 heteroatoms. The highest BCUT2D eigenvalue weighted by molar-refractivity contribution is 7.20. The summed E-state index contributed by atoms with van der Waals surface area (Å²) in [6, 6.07) is 5.83. The number of amides is 3. The summed E-state index contributed by atoms with van der Waals surface area (Å²) >= 11 is 1.19. The number of carbonyl (C=O) groups excluding carboxylic acids is 2. The van der Waals surface area contributed by atoms with Crippen LogP contribution < -0.4 is 21.7 Å². The van der Waals surface area contributed by atoms with E-state index in [1.807, 2.05) is 0 Å². The Morgan fingerprint density at radius 3 is 2.81 bits per heavy atom. The van der Waals surface area contributed by atoms with Crippen molar-refractivity contribution in [2.75, 3.05) is 18.4 Å². The van der Waals surface area contributed by atoms with Gasteiger partial charge in [0.05, 0.1) is 5.56 Å². The summed E-state index contributed by atoms with van der Waals surface area (Å²) in [5.74, 6) is -0.600. The van der Waals surface area contributed by atoms with Crippen molar-refractivity contribution in [3.8, 4) is 10.4 Å². The minimum Gasteiger partial charge on any atom is -0.351 e. The Labute approximate surface area is 155 Å². The summed E-state index contributed by atoms with van der Waals surface area (Å²) in [6.07, 6.45) is 1.90. The fourth-order valence-electron chi connectivity index (χ4n) is 2.89. The molecule has 5 N–H and O–H groups in total. The topological polar surface area (TPSA) is 96.2 Å². The van der Waals surface area contributed by atoms with E-state index in [-0.39, 0.29) is 17.8 Å². The molecule has 138 valence electrons. The molecule has 1 aliphatic rings. The van der Waals surface area contributed by atoms with Crippen LogP contribution in [0.2, 0.25) is 0 Å². The number of nitrogens with one attached hydrogen (secondary N) is 3. The quantitative estimate of drug-likeness (QED) is 0.661. The van der Waals surface area contributed by atoms with E-state index in [0.717, 1.165) is 19.4 Å². The summed E-state index contributed by atoms with van der Waals surface area (Å²) < 4.78 is 13.9. The smallest absolute Gasteiger partial charge is 0.317 e. The van der Waals surface area contributed by atoms with Gasteiger partial charge in [-0.1, -0.05) is 12.1 Å². The van der Waals surface area contributed by atoms with Crippen molar-refractivity contribution in [2.24, 2.45) is 5.73 Å². The van der Waals surface area contributed by atoms with Crippen molar-refractivity contribution in [3.05, 3.63) is 41.2 Å². The number of halogens is 1. The van der Waals surface area contributed by atoms with Gasteiger partial charge in [-0.15, -0.1) is 11.3 Å². The largest absolute Gasteiger partial charge is 0.351 e. The zero-order valence-electron chi connectivity index (χ0n) is 14.4. The molecule has 2 aromatic rings. The zero-order chi connectivity index (χ0) is 18.7. The first-order valence-corrected chi connectivity index (χ1v) is 9.24. The highest BCUT2D eigenvalue weighted by atomic mass is 32.1. The second-order valence-corrected chi connectivity index (χ2v) is 7.38. The number of thiophene rings is 1. The zero-order valence-corrected chi connectivity index (χ0v) is 15.2. The number of piperidine rings is 1. The Balaban J connectivity index is 1.89. The van der Waals surface area contributed by atoms with Gasteiger partial charge in [-0.25, -0.2) is 9.18 Å². The molecule has 1 aromatic heterocycles. The third-order valence-corrected chi connectivity index (χ3v) is 5.40. The van der Waals surface area contributed by atoms with Gasteiger partial charge >= 0.3 is 6.03 Å². The molecule has 1 aliphatic heterocycles. The van der Waals surface area contributed by atoms with Crippen molar-refractivity contribution >= 4 is 28.3 Å². The molecular formula is C18H21FN4O2S. The lowest BCUT2D eigenvalue weighted by molar-refractivity contribution is 0.0932. The first-order chi connectivity index (χ1) is 12.4. The van der Waals surface area contributed by atoms with Crippen molar-refractivity contribution in [3.63, 3.8) is 0 Å². The van der Waals surface area contributed by atoms with Gasteiger partial charge in [-0.2, -0.15) is 0 Å². The molecular weight excluding hydrogens is 355 g/mol. The van der Waals surface area contributed by atoms with E-state index < -0.39 is 6.03 Å². The van der Waals surface area contributed by atoms with E-state index in [2.05, 4.69) is 16.0 Å². The van der Waals surface area contributed by atoms with Crippen LogP contribution in [0, 0.1) is 12.7 Å². The maximum Gasteiger partial charge on any atom is 0.317 e. The Morgan fingerprint density at radius 1 is 1.35 bits per heavy atom. The van der Waals surface area contributed by atoms with Gasteiger partial charge in [0.1, 0.15) is 10.8 Å². The van der Waals surface area contributed by atoms with Gasteiger partial charge in [-0.05, 0) is 49.6 Å². The van der Waals surface area contributed by atoms with Gasteiger partial charge in [0.2, 0.25) is 0 Å². The van der Waals surface area contributed by atoms with Crippen molar-refractivity contribution in [2.45, 2.75) is 25.8 Å². The SMILES string of the molecule is Cc1ccc(-c2cc(C(=O)N[C@H]3CCCNC3)c(NC(N)=O)s2)cc1F. The number of carbonyl (C=O) groups is 2. The molecule has 2 heterocycles. The molecule has 26 heavy (non-hydrogen) atoms. The van der Waals surface area contributed by atoms with Crippen LogP contribution in [0.25, 0.3) is 10.4 Å². The fourth-order valence-corrected chi connectivity index (χ4v) is 3.95. The number of aryl methyl sites for hydroxylation is 1. The lowest BCUT2D eigenvalue weighted by Crippen LogP contribution is -2.45. The molecule has 1 saturated heterocycles. The maximum absolute atomic E-state index is 13.9. The molecule has 1 fully saturated rings. The van der Waals surface area contributed by atoms with Gasteiger partial charge in [0.25, 0.3) is 5.91 Å². The molecule has 0 radical (unpaired) electrons. The number of benzene rings is 1. The fraction of sp³-hybridized carbons (Fsp3) is 0.333. The van der Waals surface area contributed by atoms with Crippen molar-refractivity contribution < 1.29 is 14.0 Å². The lowest BCUT2D eigenvalue weighted by atomic mass is 10.1. The first kappa shape index (κ1) is 18.3. The summed E-state index contributed by atoms with van der Waals surface area (Å²) in [5.41, 5.74) is 6.74. The van der Waals surface area contributed by atoms with Gasteiger partial charge < -0.3 is 16.4 Å². The monoisotopic (exact) mass is 376 g/mol. The molecule has 3 rings (SSSR count). The summed E-state index contributed by atoms with van der Waals surface area (Å²) in [5, 5.41) is 9.06. The summed E-state index contributed by atoms with van der Waals surface area (Å²) in [6.45, 7) is 3.34. The van der Waals surface area contributed by atoms with Gasteiger partial charge in [-0.3, -0.25) is 10.1 Å². The third-order valence-electron chi connectivity index (χ3n) is 4.30. The minimum atomic E-state index is -0.748. The number of urea groups is 1. The second kappa shape index (κ2) is 7.84. The molecule has 0 unspecified atom stereocenters. The van der Waals surface area contributed by atoms with Crippen LogP contribution in [-0.4, -0.2) is 31.1 Å². The van der Waals surface area contributed by atoms with E-state index in [9.17, 15) is 14.0 Å². The van der Waals surface area contributed by atoms with E-state index in [4.69, 9.17) is 5.73 Å². The van der Waals surface area contributed by atoms with E-state index in [0.29, 0.717) is 33.1 Å². The normalized spacial score (nSPS) is 16.9. The lowest BCUT2D eigenvalue weighted by Gasteiger charge is -2.23. The molecule has 0 bridgehead atoms. The Kier molecular flexibility index (Phi) is 5.53. The van der Waals surface area contributed by atoms with Crippen LogP contribution in [0.3, 0.4) is 0 Å². The summed E-state index contributed by atoms with van der Waals surface area (Å²) in [7, 11) is 0. The third kappa shape index (κ3) is 4.20. The Morgan fingerprint density at radius 2 is 2.15 bits per heavy atom. The van der Waals surface area contributed by atoms with E-state index in [1.54, 1.807) is 25.1 Å². The molecule has 0 saturated carbocycles. The second-order valence-electron chi connectivity index (χ2n) is 6.32. The molecule has 6 nitrogen and oxygen atoms in total. The minimum absolute atomic E-state index is 0.0397. The predicted molar refractivity (Wildman–Crippen MR) is 101 cm³/mol. The standard InChI is InChI=1S/C18H21FN4O2S/c1-10-4-5-11(7-14(10)19)15-8-13(17(26-15)23-18(20)25)16(24)22-12-3-2-6-21-9-12/h4-5,7-8,12,21H,2-3,6,9H2,1H3,(H,22,24)(H3,20,23,25)/t12-/m0/s1. The molecule has 3 amide bonds.